The third-order valence-corrected chi connectivity index (χ3v) is 4.22. The van der Waals surface area contributed by atoms with Gasteiger partial charge in [-0.05, 0) is 29.8 Å². The molecule has 0 saturated carbocycles. The van der Waals surface area contributed by atoms with Crippen LogP contribution in [0.4, 0.5) is 11.4 Å². The van der Waals surface area contributed by atoms with E-state index >= 15 is 0 Å². The van der Waals surface area contributed by atoms with Crippen molar-refractivity contribution in [1.29, 1.82) is 0 Å². The summed E-state index contributed by atoms with van der Waals surface area (Å²) in [5.74, 6) is -0.637. The van der Waals surface area contributed by atoms with E-state index in [1.165, 1.54) is 6.07 Å². The number of carbonyl (C=O) groups is 1. The Morgan fingerprint density at radius 2 is 1.58 bits per heavy atom. The fourth-order valence-corrected chi connectivity index (χ4v) is 3.03. The smallest absolute Gasteiger partial charge is 0.337 e. The second-order valence-corrected chi connectivity index (χ2v) is 6.33. The minimum atomic E-state index is -1.02. The Kier molecular flexibility index (Phi) is 5.66. The summed E-state index contributed by atoms with van der Waals surface area (Å²) in [6.07, 6.45) is 0. The Bertz CT molecular complexity index is 906. The number of benzene rings is 3. The largest absolute Gasteiger partial charge is 0.486 e. The van der Waals surface area contributed by atoms with E-state index in [0.717, 1.165) is 5.56 Å². The van der Waals surface area contributed by atoms with E-state index in [4.69, 9.17) is 27.9 Å². The Labute approximate surface area is 161 Å². The summed E-state index contributed by atoms with van der Waals surface area (Å²) in [7, 11) is 0. The minimum absolute atomic E-state index is 0.157. The number of anilines is 2. The minimum Gasteiger partial charge on any atom is -0.486 e. The van der Waals surface area contributed by atoms with E-state index < -0.39 is 5.97 Å². The lowest BCUT2D eigenvalue weighted by molar-refractivity contribution is 0.0698. The maximum absolute atomic E-state index is 11.3. The van der Waals surface area contributed by atoms with E-state index in [9.17, 15) is 9.90 Å². The zero-order chi connectivity index (χ0) is 18.5. The molecule has 0 aliphatic carbocycles. The molecule has 0 aromatic heterocycles. The molecule has 0 amide bonds. The normalized spacial score (nSPS) is 10.4. The Hall–Kier alpha value is -2.69. The van der Waals surface area contributed by atoms with Gasteiger partial charge in [0.1, 0.15) is 6.61 Å². The molecule has 26 heavy (non-hydrogen) atoms. The SMILES string of the molecule is O=C(O)c1ccccc1Nc1cc(Cl)c(OCc2ccccc2)c(Cl)c1. The molecule has 0 aliphatic heterocycles. The van der Waals surface area contributed by atoms with Gasteiger partial charge in [-0.15, -0.1) is 0 Å². The molecule has 0 saturated heterocycles. The number of para-hydroxylation sites is 1. The lowest BCUT2D eigenvalue weighted by Gasteiger charge is -2.14. The van der Waals surface area contributed by atoms with Gasteiger partial charge in [-0.2, -0.15) is 0 Å². The third kappa shape index (κ3) is 4.28. The van der Waals surface area contributed by atoms with E-state index in [1.54, 1.807) is 30.3 Å². The molecule has 3 aromatic carbocycles. The first kappa shape index (κ1) is 18.1. The van der Waals surface area contributed by atoms with Crippen LogP contribution in [0.15, 0.2) is 66.7 Å². The zero-order valence-corrected chi connectivity index (χ0v) is 15.1. The van der Waals surface area contributed by atoms with Crippen LogP contribution in [-0.4, -0.2) is 11.1 Å². The van der Waals surface area contributed by atoms with Crippen LogP contribution in [-0.2, 0) is 6.61 Å². The lowest BCUT2D eigenvalue weighted by atomic mass is 10.1. The van der Waals surface area contributed by atoms with E-state index in [2.05, 4.69) is 5.32 Å². The number of hydrogen-bond acceptors (Lipinski definition) is 3. The van der Waals surface area contributed by atoms with Gasteiger partial charge in [0.2, 0.25) is 0 Å². The highest BCUT2D eigenvalue weighted by Gasteiger charge is 2.13. The molecule has 132 valence electrons. The molecule has 0 spiro atoms. The predicted octanol–water partition coefficient (Wildman–Crippen LogP) is 6.01. The highest BCUT2D eigenvalue weighted by molar-refractivity contribution is 6.37. The van der Waals surface area contributed by atoms with E-state index in [1.807, 2.05) is 30.3 Å². The van der Waals surface area contributed by atoms with Gasteiger partial charge in [0.15, 0.2) is 5.75 Å². The average Bonchev–Trinajstić information content (AvgIpc) is 2.62. The molecule has 6 heteroatoms. The van der Waals surface area contributed by atoms with Gasteiger partial charge >= 0.3 is 5.97 Å². The molecule has 4 nitrogen and oxygen atoms in total. The Morgan fingerprint density at radius 1 is 0.962 bits per heavy atom. The standard InChI is InChI=1S/C20H15Cl2NO3/c21-16-10-14(23-18-9-5-4-8-15(18)20(24)25)11-17(22)19(16)26-12-13-6-2-1-3-7-13/h1-11,23H,12H2,(H,24,25). The molecule has 3 rings (SSSR count). The van der Waals surface area contributed by atoms with Crippen molar-refractivity contribution in [2.24, 2.45) is 0 Å². The number of nitrogens with one attached hydrogen (secondary N) is 1. The zero-order valence-electron chi connectivity index (χ0n) is 13.6. The predicted molar refractivity (Wildman–Crippen MR) is 104 cm³/mol. The van der Waals surface area contributed by atoms with Crippen LogP contribution in [0.2, 0.25) is 10.0 Å². The van der Waals surface area contributed by atoms with E-state index in [0.29, 0.717) is 33.8 Å². The summed E-state index contributed by atoms with van der Waals surface area (Å²) in [4.78, 5) is 11.3. The Morgan fingerprint density at radius 3 is 2.23 bits per heavy atom. The summed E-state index contributed by atoms with van der Waals surface area (Å²) in [6.45, 7) is 0.342. The quantitative estimate of drug-likeness (QED) is 0.543. The van der Waals surface area contributed by atoms with E-state index in [-0.39, 0.29) is 5.56 Å². The Balaban J connectivity index is 1.80. The molecule has 3 aromatic rings. The first-order chi connectivity index (χ1) is 12.5. The maximum Gasteiger partial charge on any atom is 0.337 e. The van der Waals surface area contributed by atoms with Gasteiger partial charge in [-0.25, -0.2) is 4.79 Å². The topological polar surface area (TPSA) is 58.6 Å². The fraction of sp³-hybridized carbons (Fsp3) is 0.0500. The van der Waals surface area contributed by atoms with Gasteiger partial charge in [-0.3, -0.25) is 0 Å². The molecule has 2 N–H and O–H groups in total. The average molecular weight is 388 g/mol. The second-order valence-electron chi connectivity index (χ2n) is 5.52. The molecule has 0 unspecified atom stereocenters. The molecule has 0 bridgehead atoms. The number of aromatic carboxylic acids is 1. The molecule has 0 fully saturated rings. The summed E-state index contributed by atoms with van der Waals surface area (Å²) < 4.78 is 5.74. The van der Waals surface area contributed by atoms with Crippen molar-refractivity contribution in [3.8, 4) is 5.75 Å². The van der Waals surface area contributed by atoms with Crippen LogP contribution in [0.1, 0.15) is 15.9 Å². The number of rotatable bonds is 6. The van der Waals surface area contributed by atoms with Crippen LogP contribution >= 0.6 is 23.2 Å². The van der Waals surface area contributed by atoms with Crippen molar-refractivity contribution < 1.29 is 14.6 Å². The van der Waals surface area contributed by atoms with Gasteiger partial charge in [-0.1, -0.05) is 65.7 Å². The van der Waals surface area contributed by atoms with Crippen molar-refractivity contribution in [3.63, 3.8) is 0 Å². The molecule has 0 heterocycles. The summed E-state index contributed by atoms with van der Waals surface area (Å²) in [5, 5.41) is 13.0. The summed E-state index contributed by atoms with van der Waals surface area (Å²) in [5.41, 5.74) is 2.17. The van der Waals surface area contributed by atoms with Crippen molar-refractivity contribution in [2.75, 3.05) is 5.32 Å². The van der Waals surface area contributed by atoms with Crippen molar-refractivity contribution in [3.05, 3.63) is 87.9 Å². The van der Waals surface area contributed by atoms with Gasteiger partial charge in [0, 0.05) is 5.69 Å². The van der Waals surface area contributed by atoms with Gasteiger partial charge < -0.3 is 15.2 Å². The molecular formula is C20H15Cl2NO3. The van der Waals surface area contributed by atoms with Crippen molar-refractivity contribution in [2.45, 2.75) is 6.61 Å². The van der Waals surface area contributed by atoms with Gasteiger partial charge in [0.05, 0.1) is 21.3 Å². The monoisotopic (exact) mass is 387 g/mol. The maximum atomic E-state index is 11.3. The highest BCUT2D eigenvalue weighted by Crippen LogP contribution is 2.37. The molecular weight excluding hydrogens is 373 g/mol. The fourth-order valence-electron chi connectivity index (χ4n) is 2.43. The van der Waals surface area contributed by atoms with Crippen molar-refractivity contribution >= 4 is 40.5 Å². The molecule has 0 aliphatic rings. The highest BCUT2D eigenvalue weighted by atomic mass is 35.5. The molecule has 0 radical (unpaired) electrons. The van der Waals surface area contributed by atoms with Crippen LogP contribution < -0.4 is 10.1 Å². The number of hydrogen-bond donors (Lipinski definition) is 2. The summed E-state index contributed by atoms with van der Waals surface area (Å²) in [6, 6.07) is 19.6. The van der Waals surface area contributed by atoms with Crippen LogP contribution in [0.5, 0.6) is 5.75 Å². The van der Waals surface area contributed by atoms with Crippen molar-refractivity contribution in [1.82, 2.24) is 0 Å². The second kappa shape index (κ2) is 8.13. The van der Waals surface area contributed by atoms with Crippen LogP contribution in [0, 0.1) is 0 Å². The number of halogens is 2. The number of carboxylic acids is 1. The first-order valence-corrected chi connectivity index (χ1v) is 8.55. The first-order valence-electron chi connectivity index (χ1n) is 7.79. The summed E-state index contributed by atoms with van der Waals surface area (Å²) >= 11 is 12.6. The van der Waals surface area contributed by atoms with Crippen LogP contribution in [0.3, 0.4) is 0 Å². The van der Waals surface area contributed by atoms with Crippen LogP contribution in [0.25, 0.3) is 0 Å². The third-order valence-electron chi connectivity index (χ3n) is 3.66. The number of carboxylic acid groups (broad SMARTS) is 1. The lowest BCUT2D eigenvalue weighted by Crippen LogP contribution is -2.02. The van der Waals surface area contributed by atoms with Gasteiger partial charge in [0.25, 0.3) is 0 Å². The number of ether oxygens (including phenoxy) is 1. The molecule has 0 atom stereocenters.